The van der Waals surface area contributed by atoms with Crippen LogP contribution in [0.5, 0.6) is 0 Å². The van der Waals surface area contributed by atoms with Gasteiger partial charge in [0.05, 0.1) is 11.0 Å². The second kappa shape index (κ2) is 18.9. The summed E-state index contributed by atoms with van der Waals surface area (Å²) < 4.78 is 2.52. The number of aromatic nitrogens is 1. The molecular formula is C74H77N. The molecule has 0 bridgehead atoms. The van der Waals surface area contributed by atoms with Crippen LogP contribution in [0.4, 0.5) is 0 Å². The summed E-state index contributed by atoms with van der Waals surface area (Å²) in [6.07, 6.45) is 0. The normalized spacial score (nSPS) is 12.7. The van der Waals surface area contributed by atoms with Crippen LogP contribution in [0.15, 0.2) is 194 Å². The van der Waals surface area contributed by atoms with Crippen molar-refractivity contribution < 1.29 is 0 Å². The van der Waals surface area contributed by atoms with Crippen molar-refractivity contribution in [3.8, 4) is 72.4 Å². The van der Waals surface area contributed by atoms with Gasteiger partial charge >= 0.3 is 0 Å². The summed E-state index contributed by atoms with van der Waals surface area (Å²) in [6.45, 7) is 34.6. The first-order chi connectivity index (χ1) is 35.3. The van der Waals surface area contributed by atoms with Gasteiger partial charge < -0.3 is 4.57 Å². The fourth-order valence-corrected chi connectivity index (χ4v) is 10.9. The molecule has 0 aliphatic rings. The van der Waals surface area contributed by atoms with Crippen LogP contribution in [0.1, 0.15) is 132 Å². The van der Waals surface area contributed by atoms with E-state index in [4.69, 9.17) is 0 Å². The van der Waals surface area contributed by atoms with Crippen molar-refractivity contribution in [2.24, 2.45) is 0 Å². The highest BCUT2D eigenvalue weighted by molar-refractivity contribution is 6.12. The van der Waals surface area contributed by atoms with Crippen molar-refractivity contribution in [3.05, 3.63) is 222 Å². The average Bonchev–Trinajstić information content (AvgIpc) is 3.71. The molecule has 1 heterocycles. The molecule has 1 nitrogen and oxygen atoms in total. The second-order valence-electron chi connectivity index (χ2n) is 26.5. The minimum absolute atomic E-state index is 0.0265. The van der Waals surface area contributed by atoms with Gasteiger partial charge in [0.25, 0.3) is 0 Å². The van der Waals surface area contributed by atoms with Crippen LogP contribution in [-0.2, 0) is 27.1 Å². The van der Waals surface area contributed by atoms with Crippen molar-refractivity contribution in [2.75, 3.05) is 0 Å². The molecule has 75 heavy (non-hydrogen) atoms. The lowest BCUT2D eigenvalue weighted by Crippen LogP contribution is -2.15. The molecule has 0 amide bonds. The summed E-state index contributed by atoms with van der Waals surface area (Å²) in [5.74, 6) is 0. The first kappa shape index (κ1) is 51.3. The van der Waals surface area contributed by atoms with E-state index < -0.39 is 0 Å². The van der Waals surface area contributed by atoms with Gasteiger partial charge in [-0.15, -0.1) is 0 Å². The van der Waals surface area contributed by atoms with Crippen molar-refractivity contribution in [2.45, 2.75) is 131 Å². The van der Waals surface area contributed by atoms with Crippen molar-refractivity contribution in [3.63, 3.8) is 0 Å². The predicted molar refractivity (Wildman–Crippen MR) is 327 cm³/mol. The maximum atomic E-state index is 2.52. The Labute approximate surface area is 449 Å². The average molecular weight is 980 g/mol. The van der Waals surface area contributed by atoms with Gasteiger partial charge in [-0.1, -0.05) is 231 Å². The van der Waals surface area contributed by atoms with Gasteiger partial charge in [0.2, 0.25) is 0 Å². The number of rotatable bonds is 7. The number of fused-ring (bicyclic) bond motifs is 3. The zero-order valence-corrected chi connectivity index (χ0v) is 47.4. The molecule has 378 valence electrons. The van der Waals surface area contributed by atoms with Gasteiger partial charge in [0.1, 0.15) is 0 Å². The fraction of sp³-hybridized carbons (Fsp3) is 0.270. The van der Waals surface area contributed by atoms with Crippen LogP contribution in [-0.4, -0.2) is 4.57 Å². The van der Waals surface area contributed by atoms with Crippen molar-refractivity contribution in [1.29, 1.82) is 0 Å². The molecule has 0 spiro atoms. The summed E-state index contributed by atoms with van der Waals surface area (Å²) in [7, 11) is 0. The zero-order chi connectivity index (χ0) is 53.4. The number of hydrogen-bond acceptors (Lipinski definition) is 0. The molecule has 9 aromatic carbocycles. The Morgan fingerprint density at radius 2 is 0.507 bits per heavy atom. The van der Waals surface area contributed by atoms with Gasteiger partial charge in [0, 0.05) is 16.5 Å². The van der Waals surface area contributed by atoms with Crippen LogP contribution in [0.2, 0.25) is 0 Å². The fourth-order valence-electron chi connectivity index (χ4n) is 10.9. The van der Waals surface area contributed by atoms with Crippen molar-refractivity contribution >= 4 is 21.8 Å². The van der Waals surface area contributed by atoms with E-state index in [1.54, 1.807) is 0 Å². The quantitative estimate of drug-likeness (QED) is 0.150. The first-order valence-corrected chi connectivity index (χ1v) is 27.2. The molecule has 0 N–H and O–H groups in total. The summed E-state index contributed by atoms with van der Waals surface area (Å²) in [6, 6.07) is 74.5. The molecule has 1 heteroatoms. The monoisotopic (exact) mass is 980 g/mol. The molecule has 0 aliphatic heterocycles. The van der Waals surface area contributed by atoms with Crippen LogP contribution in [0.3, 0.4) is 0 Å². The van der Waals surface area contributed by atoms with Gasteiger partial charge in [-0.25, -0.2) is 0 Å². The van der Waals surface area contributed by atoms with Crippen LogP contribution in [0.25, 0.3) is 94.3 Å². The minimum Gasteiger partial charge on any atom is -0.309 e. The highest BCUT2D eigenvalue weighted by Crippen LogP contribution is 2.43. The van der Waals surface area contributed by atoms with E-state index >= 15 is 0 Å². The van der Waals surface area contributed by atoms with Crippen LogP contribution >= 0.6 is 0 Å². The molecule has 0 saturated heterocycles. The molecule has 10 aromatic rings. The highest BCUT2D eigenvalue weighted by Gasteiger charge is 2.24. The first-order valence-electron chi connectivity index (χ1n) is 27.2. The number of benzene rings is 9. The van der Waals surface area contributed by atoms with E-state index in [0.717, 1.165) is 0 Å². The van der Waals surface area contributed by atoms with E-state index in [1.807, 2.05) is 0 Å². The third-order valence-electron chi connectivity index (χ3n) is 15.5. The van der Waals surface area contributed by atoms with E-state index in [1.165, 1.54) is 122 Å². The molecular weight excluding hydrogens is 903 g/mol. The number of hydrogen-bond donors (Lipinski definition) is 0. The Morgan fingerprint density at radius 1 is 0.227 bits per heavy atom. The third-order valence-corrected chi connectivity index (χ3v) is 15.5. The van der Waals surface area contributed by atoms with Gasteiger partial charge in [-0.3, -0.25) is 0 Å². The highest BCUT2D eigenvalue weighted by atomic mass is 15.0. The summed E-state index contributed by atoms with van der Waals surface area (Å²) >= 11 is 0. The maximum Gasteiger partial charge on any atom is 0.0541 e. The minimum atomic E-state index is -0.0732. The lowest BCUT2D eigenvalue weighted by atomic mass is 9.84. The maximum absolute atomic E-state index is 2.52. The Bertz CT molecular complexity index is 3410. The van der Waals surface area contributed by atoms with Gasteiger partial charge in [-0.2, -0.15) is 0 Å². The van der Waals surface area contributed by atoms with Crippen LogP contribution in [0, 0.1) is 0 Å². The zero-order valence-electron chi connectivity index (χ0n) is 47.4. The van der Waals surface area contributed by atoms with E-state index in [-0.39, 0.29) is 27.1 Å². The lowest BCUT2D eigenvalue weighted by Gasteiger charge is -2.24. The second-order valence-corrected chi connectivity index (χ2v) is 26.5. The molecule has 0 aliphatic carbocycles. The largest absolute Gasteiger partial charge is 0.309 e. The smallest absolute Gasteiger partial charge is 0.0541 e. The molecule has 0 radical (unpaired) electrons. The number of nitrogens with zero attached hydrogens (tertiary/aromatic N) is 1. The lowest BCUT2D eigenvalue weighted by molar-refractivity contribution is 0.587. The molecule has 0 fully saturated rings. The third kappa shape index (κ3) is 10.4. The van der Waals surface area contributed by atoms with E-state index in [9.17, 15) is 0 Å². The van der Waals surface area contributed by atoms with E-state index in [0.29, 0.717) is 0 Å². The summed E-state index contributed by atoms with van der Waals surface area (Å²) in [5, 5.41) is 2.47. The predicted octanol–water partition coefficient (Wildman–Crippen LogP) is 21.3. The molecule has 0 saturated carbocycles. The molecule has 0 atom stereocenters. The van der Waals surface area contributed by atoms with E-state index in [2.05, 4.69) is 303 Å². The van der Waals surface area contributed by atoms with Crippen molar-refractivity contribution in [1.82, 2.24) is 4.57 Å². The molecule has 0 unspecified atom stereocenters. The summed E-state index contributed by atoms with van der Waals surface area (Å²) in [4.78, 5) is 0. The molecule has 1 aromatic heterocycles. The molecule has 10 rings (SSSR count). The Hall–Kier alpha value is -7.22. The van der Waals surface area contributed by atoms with Gasteiger partial charge in [-0.05, 0) is 188 Å². The number of para-hydroxylation sites is 1. The topological polar surface area (TPSA) is 4.93 Å². The SMILES string of the molecule is CC(C)(C)c1cccc(-c2cc(-c3cccc(C(C)(C)C)c3)cc(-c3ccc4c(c3)c3cc(-c5cc(-c6cccc(C(C)(C)C)c6)cc(-c6cccc(C(C)(C)C)c6)c5)ccc3n4-c3ccccc3C(C)(C)C)c2)c1. The Kier molecular flexibility index (Phi) is 12.9. The Morgan fingerprint density at radius 3 is 0.787 bits per heavy atom. The Balaban J connectivity index is 1.23. The van der Waals surface area contributed by atoms with Crippen LogP contribution < -0.4 is 0 Å². The standard InChI is InChI=1S/C74H77N/c1-70(2,3)60-26-18-22-48(42-60)54-36-55(49-23-19-27-61(43-49)71(4,5)6)39-58(38-54)52-32-34-67-64(46-52)65-47-53(33-35-68(65)75(67)69-31-17-16-30-66(69)74(13,14)15)59-40-56(50-24-20-28-62(44-50)72(7,8)9)37-57(41-59)51-25-21-29-63(45-51)73(10,11)12/h16-47H,1-15H3. The van der Waals surface area contributed by atoms with Gasteiger partial charge in [0.15, 0.2) is 0 Å². The summed E-state index contributed by atoms with van der Waals surface area (Å²) in [5.41, 5.74) is 24.9.